The number of hydrogen-bond donors (Lipinski definition) is 1. The molecule has 0 saturated heterocycles. The largest absolute Gasteiger partial charge is 0.491 e. The second-order valence-electron chi connectivity index (χ2n) is 4.75. The van der Waals surface area contributed by atoms with E-state index < -0.39 is 0 Å². The minimum atomic E-state index is -0.327. The van der Waals surface area contributed by atoms with Crippen LogP contribution in [0.15, 0.2) is 24.3 Å². The molecule has 0 aliphatic carbocycles. The zero-order chi connectivity index (χ0) is 15.0. The highest BCUT2D eigenvalue weighted by Gasteiger charge is 2.25. The molecule has 1 N–H and O–H groups in total. The summed E-state index contributed by atoms with van der Waals surface area (Å²) in [5.74, 6) is 0.867. The molecule has 20 heavy (non-hydrogen) atoms. The lowest BCUT2D eigenvalue weighted by Crippen LogP contribution is -2.34. The summed E-state index contributed by atoms with van der Waals surface area (Å²) in [5.41, 5.74) is 1.05. The number of likely N-dealkylation sites (N-methyl/N-ethyl adjacent to an activating group) is 1. The van der Waals surface area contributed by atoms with Gasteiger partial charge in [0.2, 0.25) is 0 Å². The third-order valence-corrected chi connectivity index (χ3v) is 2.86. The first kappa shape index (κ1) is 17.0. The molecule has 4 nitrogen and oxygen atoms in total. The molecule has 1 rings (SSSR count). The number of rotatable bonds is 9. The molecule has 1 aromatic rings. The van der Waals surface area contributed by atoms with Crippen LogP contribution in [0.2, 0.25) is 0 Å². The van der Waals surface area contributed by atoms with E-state index in [-0.39, 0.29) is 18.4 Å². The predicted molar refractivity (Wildman–Crippen MR) is 81.0 cm³/mol. The van der Waals surface area contributed by atoms with Crippen LogP contribution in [-0.2, 0) is 9.47 Å². The molecular formula is C16H27NO3. The minimum Gasteiger partial charge on any atom is -0.491 e. The maximum atomic E-state index is 5.88. The van der Waals surface area contributed by atoms with Crippen molar-refractivity contribution in [3.8, 4) is 5.75 Å². The van der Waals surface area contributed by atoms with Crippen LogP contribution in [0.5, 0.6) is 5.75 Å². The maximum absolute atomic E-state index is 5.88. The molecular weight excluding hydrogens is 254 g/mol. The number of para-hydroxylation sites is 1. The Hall–Kier alpha value is -1.10. The predicted octanol–water partition coefficient (Wildman–Crippen LogP) is 3.13. The Labute approximate surface area is 122 Å². The molecule has 114 valence electrons. The van der Waals surface area contributed by atoms with Crippen molar-refractivity contribution in [3.05, 3.63) is 29.8 Å². The fourth-order valence-electron chi connectivity index (χ4n) is 2.11. The van der Waals surface area contributed by atoms with Crippen molar-refractivity contribution < 1.29 is 14.2 Å². The fourth-order valence-corrected chi connectivity index (χ4v) is 2.11. The van der Waals surface area contributed by atoms with E-state index in [1.165, 1.54) is 0 Å². The zero-order valence-electron chi connectivity index (χ0n) is 13.2. The highest BCUT2D eigenvalue weighted by atomic mass is 16.7. The van der Waals surface area contributed by atoms with Gasteiger partial charge < -0.3 is 19.5 Å². The quantitative estimate of drug-likeness (QED) is 0.706. The van der Waals surface area contributed by atoms with Crippen LogP contribution in [0.4, 0.5) is 0 Å². The van der Waals surface area contributed by atoms with Gasteiger partial charge in [-0.2, -0.15) is 0 Å². The van der Waals surface area contributed by atoms with E-state index in [1.807, 2.05) is 59.0 Å². The summed E-state index contributed by atoms with van der Waals surface area (Å²) in [6.45, 7) is 9.19. The van der Waals surface area contributed by atoms with Gasteiger partial charge in [0.15, 0.2) is 6.29 Å². The van der Waals surface area contributed by atoms with E-state index in [1.54, 1.807) is 0 Å². The van der Waals surface area contributed by atoms with Crippen LogP contribution in [0.25, 0.3) is 0 Å². The molecule has 0 heterocycles. The monoisotopic (exact) mass is 281 g/mol. The minimum absolute atomic E-state index is 0.0650. The summed E-state index contributed by atoms with van der Waals surface area (Å²) in [6, 6.07) is 7.94. The first-order valence-corrected chi connectivity index (χ1v) is 7.30. The smallest absolute Gasteiger partial charge is 0.176 e. The number of hydrogen-bond acceptors (Lipinski definition) is 4. The number of ether oxygens (including phenoxy) is 3. The van der Waals surface area contributed by atoms with E-state index in [2.05, 4.69) is 5.32 Å². The van der Waals surface area contributed by atoms with E-state index in [0.717, 1.165) is 11.3 Å². The summed E-state index contributed by atoms with van der Waals surface area (Å²) in [7, 11) is 1.90. The van der Waals surface area contributed by atoms with Crippen molar-refractivity contribution >= 4 is 0 Å². The van der Waals surface area contributed by atoms with Crippen LogP contribution >= 0.6 is 0 Å². The molecule has 0 bridgehead atoms. The highest BCUT2D eigenvalue weighted by molar-refractivity contribution is 5.36. The first-order valence-electron chi connectivity index (χ1n) is 7.30. The Balaban J connectivity index is 3.03. The molecule has 0 saturated carbocycles. The second kappa shape index (κ2) is 8.95. The molecule has 0 radical (unpaired) electrons. The van der Waals surface area contributed by atoms with Gasteiger partial charge in [-0.05, 0) is 40.8 Å². The molecule has 1 aromatic carbocycles. The lowest BCUT2D eigenvalue weighted by atomic mass is 10.1. The van der Waals surface area contributed by atoms with Crippen molar-refractivity contribution in [1.29, 1.82) is 0 Å². The maximum Gasteiger partial charge on any atom is 0.176 e. The lowest BCUT2D eigenvalue weighted by Gasteiger charge is -2.28. The van der Waals surface area contributed by atoms with Gasteiger partial charge >= 0.3 is 0 Å². The molecule has 0 fully saturated rings. The Kier molecular flexibility index (Phi) is 7.59. The summed E-state index contributed by atoms with van der Waals surface area (Å²) in [4.78, 5) is 0. The SMILES string of the molecule is CCOC(OCC)C(NC)c1ccccc1OC(C)C. The molecule has 1 atom stereocenters. The van der Waals surface area contributed by atoms with Crippen LogP contribution in [-0.4, -0.2) is 32.7 Å². The lowest BCUT2D eigenvalue weighted by molar-refractivity contribution is -0.154. The van der Waals surface area contributed by atoms with Gasteiger partial charge in [-0.1, -0.05) is 18.2 Å². The Morgan fingerprint density at radius 1 is 1.05 bits per heavy atom. The average molecular weight is 281 g/mol. The van der Waals surface area contributed by atoms with E-state index >= 15 is 0 Å². The van der Waals surface area contributed by atoms with Crippen molar-refractivity contribution in [2.45, 2.75) is 46.1 Å². The molecule has 0 aliphatic heterocycles. The van der Waals surface area contributed by atoms with Gasteiger partial charge in [0.05, 0.1) is 12.1 Å². The third kappa shape index (κ3) is 4.78. The van der Waals surface area contributed by atoms with Crippen molar-refractivity contribution in [2.75, 3.05) is 20.3 Å². The Morgan fingerprint density at radius 3 is 2.15 bits per heavy atom. The number of nitrogens with one attached hydrogen (secondary N) is 1. The van der Waals surface area contributed by atoms with Crippen LogP contribution < -0.4 is 10.1 Å². The second-order valence-corrected chi connectivity index (χ2v) is 4.75. The zero-order valence-corrected chi connectivity index (χ0v) is 13.2. The third-order valence-electron chi connectivity index (χ3n) is 2.86. The average Bonchev–Trinajstić information content (AvgIpc) is 2.41. The number of benzene rings is 1. The normalized spacial score (nSPS) is 12.9. The molecule has 0 spiro atoms. The van der Waals surface area contributed by atoms with Gasteiger partial charge in [0.1, 0.15) is 5.75 Å². The Bertz CT molecular complexity index is 376. The van der Waals surface area contributed by atoms with Crippen molar-refractivity contribution in [1.82, 2.24) is 5.32 Å². The van der Waals surface area contributed by atoms with Gasteiger partial charge in [-0.15, -0.1) is 0 Å². The van der Waals surface area contributed by atoms with Crippen molar-refractivity contribution in [2.24, 2.45) is 0 Å². The summed E-state index contributed by atoms with van der Waals surface area (Å²) < 4.78 is 17.3. The standard InChI is InChI=1S/C16H27NO3/c1-6-18-16(19-7-2)15(17-5)13-10-8-9-11-14(13)20-12(3)4/h8-12,15-17H,6-7H2,1-5H3. The van der Waals surface area contributed by atoms with Gasteiger partial charge in [0, 0.05) is 18.8 Å². The topological polar surface area (TPSA) is 39.7 Å². The van der Waals surface area contributed by atoms with Crippen LogP contribution in [0.1, 0.15) is 39.3 Å². The molecule has 0 amide bonds. The highest BCUT2D eigenvalue weighted by Crippen LogP contribution is 2.29. The van der Waals surface area contributed by atoms with Gasteiger partial charge in [0.25, 0.3) is 0 Å². The van der Waals surface area contributed by atoms with E-state index in [0.29, 0.717) is 13.2 Å². The molecule has 4 heteroatoms. The van der Waals surface area contributed by atoms with Crippen molar-refractivity contribution in [3.63, 3.8) is 0 Å². The summed E-state index contributed by atoms with van der Waals surface area (Å²) in [5, 5.41) is 3.27. The Morgan fingerprint density at radius 2 is 1.65 bits per heavy atom. The van der Waals surface area contributed by atoms with Gasteiger partial charge in [-0.3, -0.25) is 0 Å². The fraction of sp³-hybridized carbons (Fsp3) is 0.625. The first-order chi connectivity index (χ1) is 9.63. The molecule has 0 aliphatic rings. The molecule has 0 aromatic heterocycles. The van der Waals surface area contributed by atoms with Crippen LogP contribution in [0, 0.1) is 0 Å². The molecule has 1 unspecified atom stereocenters. The van der Waals surface area contributed by atoms with E-state index in [4.69, 9.17) is 14.2 Å². The van der Waals surface area contributed by atoms with Crippen LogP contribution in [0.3, 0.4) is 0 Å². The summed E-state index contributed by atoms with van der Waals surface area (Å²) in [6.07, 6.45) is -0.196. The van der Waals surface area contributed by atoms with Gasteiger partial charge in [-0.25, -0.2) is 0 Å². The summed E-state index contributed by atoms with van der Waals surface area (Å²) >= 11 is 0. The van der Waals surface area contributed by atoms with E-state index in [9.17, 15) is 0 Å².